The summed E-state index contributed by atoms with van der Waals surface area (Å²) in [5, 5.41) is 5.24. The number of hydrogen-bond donors (Lipinski definition) is 0. The van der Waals surface area contributed by atoms with E-state index < -0.39 is 0 Å². The molecule has 0 bridgehead atoms. The van der Waals surface area contributed by atoms with Crippen LogP contribution in [0.4, 0.5) is 0 Å². The van der Waals surface area contributed by atoms with Crippen molar-refractivity contribution in [3.05, 3.63) is 168 Å². The van der Waals surface area contributed by atoms with Crippen molar-refractivity contribution in [3.63, 3.8) is 0 Å². The third kappa shape index (κ3) is 4.89. The van der Waals surface area contributed by atoms with Gasteiger partial charge < -0.3 is 4.57 Å². The predicted octanol–water partition coefficient (Wildman–Crippen LogP) is 12.6. The van der Waals surface area contributed by atoms with E-state index in [-0.39, 0.29) is 12.0 Å². The molecule has 1 aliphatic rings. The summed E-state index contributed by atoms with van der Waals surface area (Å²) in [6.45, 7) is 2.32. The molecule has 2 aromatic heterocycles. The van der Waals surface area contributed by atoms with Crippen molar-refractivity contribution in [1.29, 1.82) is 0 Å². The van der Waals surface area contributed by atoms with Gasteiger partial charge in [-0.05, 0) is 71.9 Å². The molecule has 2 atom stereocenters. The first kappa shape index (κ1) is 28.9. The summed E-state index contributed by atoms with van der Waals surface area (Å²) in [5.74, 6) is 0.278. The van der Waals surface area contributed by atoms with Crippen LogP contribution in [0.5, 0.6) is 0 Å². The number of benzene rings is 6. The molecular formula is C45H36N2S. The SMILES string of the molecule is CCC1/C(c2ccc3c(c2)sc2cc(-n4c5ccccc5c5ccccc54)ccc23)=C\CCC(c2ccccc2)=N[C@@H]1c1ccccc1. The minimum Gasteiger partial charge on any atom is -0.309 e. The van der Waals surface area contributed by atoms with Gasteiger partial charge in [0, 0.05) is 48.3 Å². The number of thiophene rings is 1. The van der Waals surface area contributed by atoms with Gasteiger partial charge in [0.25, 0.3) is 0 Å². The molecule has 3 heterocycles. The van der Waals surface area contributed by atoms with E-state index in [1.807, 2.05) is 11.3 Å². The molecule has 2 nitrogen and oxygen atoms in total. The lowest BCUT2D eigenvalue weighted by Crippen LogP contribution is -2.17. The van der Waals surface area contributed by atoms with Crippen molar-refractivity contribution in [2.24, 2.45) is 10.9 Å². The van der Waals surface area contributed by atoms with Crippen molar-refractivity contribution < 1.29 is 0 Å². The Labute approximate surface area is 285 Å². The van der Waals surface area contributed by atoms with Gasteiger partial charge in [-0.25, -0.2) is 0 Å². The fourth-order valence-corrected chi connectivity index (χ4v) is 9.05. The molecule has 48 heavy (non-hydrogen) atoms. The van der Waals surface area contributed by atoms with Crippen molar-refractivity contribution in [2.75, 3.05) is 0 Å². The monoisotopic (exact) mass is 636 g/mol. The van der Waals surface area contributed by atoms with E-state index in [1.54, 1.807) is 0 Å². The summed E-state index contributed by atoms with van der Waals surface area (Å²) in [7, 11) is 0. The van der Waals surface area contributed by atoms with Crippen LogP contribution in [0.3, 0.4) is 0 Å². The highest BCUT2D eigenvalue weighted by atomic mass is 32.1. The molecule has 0 radical (unpaired) electrons. The Kier molecular flexibility index (Phi) is 7.28. The molecule has 0 aliphatic carbocycles. The van der Waals surface area contributed by atoms with Gasteiger partial charge >= 0.3 is 0 Å². The van der Waals surface area contributed by atoms with Gasteiger partial charge in [0.15, 0.2) is 0 Å². The van der Waals surface area contributed by atoms with E-state index in [0.717, 1.165) is 19.3 Å². The molecule has 0 fully saturated rings. The van der Waals surface area contributed by atoms with E-state index >= 15 is 0 Å². The minimum absolute atomic E-state index is 0.0600. The average molecular weight is 637 g/mol. The zero-order chi connectivity index (χ0) is 32.0. The van der Waals surface area contributed by atoms with Crippen molar-refractivity contribution in [1.82, 2.24) is 4.57 Å². The lowest BCUT2D eigenvalue weighted by atomic mass is 9.80. The van der Waals surface area contributed by atoms with Gasteiger partial charge in [-0.1, -0.05) is 128 Å². The molecule has 9 rings (SSSR count). The smallest absolute Gasteiger partial charge is 0.0820 e. The summed E-state index contributed by atoms with van der Waals surface area (Å²) in [4.78, 5) is 5.55. The van der Waals surface area contributed by atoms with Gasteiger partial charge in [-0.15, -0.1) is 11.3 Å². The van der Waals surface area contributed by atoms with Gasteiger partial charge in [0.1, 0.15) is 0 Å². The Morgan fingerprint density at radius 3 is 1.96 bits per heavy atom. The summed E-state index contributed by atoms with van der Waals surface area (Å²) >= 11 is 1.91. The summed E-state index contributed by atoms with van der Waals surface area (Å²) in [6.07, 6.45) is 5.44. The van der Waals surface area contributed by atoms with Crippen molar-refractivity contribution in [3.8, 4) is 5.69 Å². The number of fused-ring (bicyclic) bond motifs is 6. The van der Waals surface area contributed by atoms with Gasteiger partial charge in [-0.3, -0.25) is 4.99 Å². The molecule has 1 aliphatic heterocycles. The molecule has 0 saturated heterocycles. The van der Waals surface area contributed by atoms with E-state index in [0.29, 0.717) is 0 Å². The van der Waals surface area contributed by atoms with Crippen LogP contribution in [0, 0.1) is 5.92 Å². The van der Waals surface area contributed by atoms with Crippen LogP contribution in [0.25, 0.3) is 53.2 Å². The molecule has 8 aromatic rings. The topological polar surface area (TPSA) is 17.3 Å². The molecule has 3 heteroatoms. The van der Waals surface area contributed by atoms with Crippen LogP contribution in [0.15, 0.2) is 157 Å². The number of aromatic nitrogens is 1. The number of para-hydroxylation sites is 2. The number of aliphatic imine (C=N–C) groups is 1. The first-order valence-electron chi connectivity index (χ1n) is 17.1. The minimum atomic E-state index is 0.0600. The molecule has 0 saturated carbocycles. The number of allylic oxidation sites excluding steroid dienone is 1. The molecular weight excluding hydrogens is 601 g/mol. The van der Waals surface area contributed by atoms with Gasteiger partial charge in [0.05, 0.1) is 17.1 Å². The van der Waals surface area contributed by atoms with Crippen LogP contribution in [0.2, 0.25) is 0 Å². The zero-order valence-corrected chi connectivity index (χ0v) is 27.8. The van der Waals surface area contributed by atoms with Crippen LogP contribution in [-0.2, 0) is 0 Å². The highest BCUT2D eigenvalue weighted by molar-refractivity contribution is 7.25. The summed E-state index contributed by atoms with van der Waals surface area (Å²) < 4.78 is 5.07. The fourth-order valence-electron chi connectivity index (χ4n) is 7.87. The van der Waals surface area contributed by atoms with Crippen LogP contribution in [0.1, 0.15) is 48.9 Å². The zero-order valence-electron chi connectivity index (χ0n) is 27.0. The molecule has 0 amide bonds. The Hall–Kier alpha value is -5.25. The number of nitrogens with zero attached hydrogens (tertiary/aromatic N) is 2. The maximum absolute atomic E-state index is 5.55. The normalized spacial score (nSPS) is 18.1. The Morgan fingerprint density at radius 2 is 1.25 bits per heavy atom. The second kappa shape index (κ2) is 12.1. The summed E-state index contributed by atoms with van der Waals surface area (Å²) in [5.41, 5.74) is 10.2. The Balaban J connectivity index is 1.14. The highest BCUT2D eigenvalue weighted by Gasteiger charge is 2.28. The van der Waals surface area contributed by atoms with Crippen LogP contribution in [-0.4, -0.2) is 10.3 Å². The Morgan fingerprint density at radius 1 is 0.625 bits per heavy atom. The Bertz CT molecular complexity index is 2440. The predicted molar refractivity (Wildman–Crippen MR) is 207 cm³/mol. The van der Waals surface area contributed by atoms with Gasteiger partial charge in [-0.2, -0.15) is 0 Å². The van der Waals surface area contributed by atoms with Gasteiger partial charge in [0.2, 0.25) is 0 Å². The largest absolute Gasteiger partial charge is 0.309 e. The third-order valence-electron chi connectivity index (χ3n) is 10.1. The second-order valence-electron chi connectivity index (χ2n) is 12.9. The lowest BCUT2D eigenvalue weighted by molar-refractivity contribution is 0.519. The third-order valence-corrected chi connectivity index (χ3v) is 11.3. The highest BCUT2D eigenvalue weighted by Crippen LogP contribution is 2.44. The fraction of sp³-hybridized carbons (Fsp3) is 0.133. The molecule has 1 unspecified atom stereocenters. The number of hydrogen-bond acceptors (Lipinski definition) is 2. The molecule has 0 spiro atoms. The standard InChI is InChI=1S/C45H36N2S/c1-2-34-35(20-13-21-40(30-14-5-3-6-15-30)46-45(34)31-16-7-4-8-17-31)32-24-26-38-39-27-25-33(29-44(39)48-43(38)28-32)47-41-22-11-9-18-36(41)37-19-10-12-23-42(37)47/h3-12,14-20,22-29,34,45H,2,13,21H2,1H3/b35-20-,46-40?/t34?,45-/m1/s1. The van der Waals surface area contributed by atoms with E-state index in [4.69, 9.17) is 4.99 Å². The van der Waals surface area contributed by atoms with E-state index in [2.05, 4.69) is 163 Å². The molecule has 232 valence electrons. The average Bonchev–Trinajstić information content (AvgIpc) is 3.67. The maximum atomic E-state index is 5.55. The van der Waals surface area contributed by atoms with Crippen LogP contribution < -0.4 is 0 Å². The first-order chi connectivity index (χ1) is 23.8. The van der Waals surface area contributed by atoms with Crippen molar-refractivity contribution in [2.45, 2.75) is 32.2 Å². The summed E-state index contributed by atoms with van der Waals surface area (Å²) in [6, 6.07) is 53.4. The van der Waals surface area contributed by atoms with E-state index in [9.17, 15) is 0 Å². The number of rotatable bonds is 5. The van der Waals surface area contributed by atoms with E-state index in [1.165, 1.54) is 75.6 Å². The quantitative estimate of drug-likeness (QED) is 0.179. The lowest BCUT2D eigenvalue weighted by Gasteiger charge is -2.29. The molecule has 6 aromatic carbocycles. The maximum Gasteiger partial charge on any atom is 0.0820 e. The molecule has 0 N–H and O–H groups in total. The van der Waals surface area contributed by atoms with Crippen molar-refractivity contribution >= 4 is 64.6 Å². The first-order valence-corrected chi connectivity index (χ1v) is 17.9. The van der Waals surface area contributed by atoms with Crippen LogP contribution >= 0.6 is 11.3 Å². The second-order valence-corrected chi connectivity index (χ2v) is 14.0.